The van der Waals surface area contributed by atoms with E-state index in [2.05, 4.69) is 15.5 Å². The Morgan fingerprint density at radius 1 is 0.974 bits per heavy atom. The number of aryl methyl sites for hydroxylation is 1. The minimum Gasteiger partial charge on any atom is -0.459 e. The third kappa shape index (κ3) is 6.92. The Morgan fingerprint density at radius 3 is 2.41 bits per heavy atom. The van der Waals surface area contributed by atoms with Gasteiger partial charge < -0.3 is 14.6 Å². The molecule has 0 amide bonds. The molecular formula is C30H30F3N3O3. The van der Waals surface area contributed by atoms with E-state index in [4.69, 9.17) is 9.26 Å². The molecule has 4 rings (SSSR count). The number of carbonyl (C=O) groups is 1. The van der Waals surface area contributed by atoms with Crippen molar-refractivity contribution in [2.45, 2.75) is 52.4 Å². The first-order valence-corrected chi connectivity index (χ1v) is 12.5. The van der Waals surface area contributed by atoms with Gasteiger partial charge in [0.1, 0.15) is 5.60 Å². The molecule has 0 aliphatic heterocycles. The van der Waals surface area contributed by atoms with Crippen molar-refractivity contribution >= 4 is 5.97 Å². The normalized spacial score (nSPS) is 12.8. The summed E-state index contributed by atoms with van der Waals surface area (Å²) in [6, 6.07) is 18.0. The lowest BCUT2D eigenvalue weighted by molar-refractivity contribution is -0.153. The first-order valence-electron chi connectivity index (χ1n) is 12.5. The number of esters is 1. The number of halogens is 3. The minimum absolute atomic E-state index is 0.0673. The lowest BCUT2D eigenvalue weighted by Gasteiger charge is -2.21. The molecule has 9 heteroatoms. The number of nitrogens with one attached hydrogen (secondary N) is 1. The maximum atomic E-state index is 13.5. The van der Waals surface area contributed by atoms with Crippen molar-refractivity contribution in [2.24, 2.45) is 0 Å². The van der Waals surface area contributed by atoms with E-state index in [0.717, 1.165) is 17.2 Å². The fourth-order valence-corrected chi connectivity index (χ4v) is 4.20. The van der Waals surface area contributed by atoms with Crippen LogP contribution in [0.1, 0.15) is 50.4 Å². The Bertz CT molecular complexity index is 1470. The van der Waals surface area contributed by atoms with Gasteiger partial charge in [-0.25, -0.2) is 0 Å². The van der Waals surface area contributed by atoms with Crippen molar-refractivity contribution in [1.29, 1.82) is 0 Å². The zero-order valence-electron chi connectivity index (χ0n) is 22.4. The van der Waals surface area contributed by atoms with Crippen LogP contribution in [-0.2, 0) is 15.7 Å². The van der Waals surface area contributed by atoms with E-state index in [1.54, 1.807) is 31.2 Å². The molecule has 1 N–H and O–H groups in total. The van der Waals surface area contributed by atoms with E-state index in [9.17, 15) is 18.0 Å². The predicted molar refractivity (Wildman–Crippen MR) is 143 cm³/mol. The van der Waals surface area contributed by atoms with Gasteiger partial charge in [-0.15, -0.1) is 0 Å². The van der Waals surface area contributed by atoms with Crippen LogP contribution in [0.4, 0.5) is 13.2 Å². The van der Waals surface area contributed by atoms with E-state index in [1.165, 1.54) is 12.1 Å². The summed E-state index contributed by atoms with van der Waals surface area (Å²) in [6.45, 7) is 9.21. The van der Waals surface area contributed by atoms with Crippen molar-refractivity contribution in [3.63, 3.8) is 0 Å². The number of alkyl halides is 3. The molecule has 0 aliphatic carbocycles. The predicted octanol–water partition coefficient (Wildman–Crippen LogP) is 7.39. The molecule has 3 aromatic carbocycles. The quantitative estimate of drug-likeness (QED) is 0.248. The van der Waals surface area contributed by atoms with Crippen LogP contribution < -0.4 is 5.32 Å². The van der Waals surface area contributed by atoms with Gasteiger partial charge in [0.15, 0.2) is 0 Å². The van der Waals surface area contributed by atoms with Crippen LogP contribution in [0.25, 0.3) is 34.0 Å². The van der Waals surface area contributed by atoms with Gasteiger partial charge in [-0.05, 0) is 81.1 Å². The maximum absolute atomic E-state index is 13.5. The first kappa shape index (κ1) is 28.0. The highest BCUT2D eigenvalue weighted by molar-refractivity contribution is 5.74. The summed E-state index contributed by atoms with van der Waals surface area (Å²) < 4.78 is 51.4. The summed E-state index contributed by atoms with van der Waals surface area (Å²) >= 11 is 0. The average molecular weight is 538 g/mol. The van der Waals surface area contributed by atoms with Crippen molar-refractivity contribution in [2.75, 3.05) is 6.54 Å². The number of rotatable bonds is 7. The third-order valence-corrected chi connectivity index (χ3v) is 6.04. The zero-order valence-corrected chi connectivity index (χ0v) is 22.4. The van der Waals surface area contributed by atoms with Crippen LogP contribution in [0, 0.1) is 6.92 Å². The number of hydrogen-bond acceptors (Lipinski definition) is 6. The topological polar surface area (TPSA) is 77.2 Å². The standard InChI is InChI=1S/C30H30F3N3O3/c1-18-15-22(13-14-23(18)24-11-6-7-12-25(24)30(31,32)33)28-35-27(36-39-28)21-10-8-9-20(16-21)19(2)34-17-26(37)38-29(3,4)5/h6-16,19,34H,17H2,1-5H3. The molecule has 1 unspecified atom stereocenters. The van der Waals surface area contributed by atoms with Crippen LogP contribution in [0.2, 0.25) is 0 Å². The Kier molecular flexibility index (Phi) is 7.92. The molecule has 39 heavy (non-hydrogen) atoms. The monoisotopic (exact) mass is 537 g/mol. The van der Waals surface area contributed by atoms with Crippen LogP contribution in [0.5, 0.6) is 0 Å². The van der Waals surface area contributed by atoms with Crippen LogP contribution in [0.3, 0.4) is 0 Å². The SMILES string of the molecule is Cc1cc(-c2nc(-c3cccc(C(C)NCC(=O)OC(C)(C)C)c3)no2)ccc1-c1ccccc1C(F)(F)F. The summed E-state index contributed by atoms with van der Waals surface area (Å²) in [5.74, 6) is 0.289. The van der Waals surface area contributed by atoms with E-state index in [1.807, 2.05) is 52.0 Å². The van der Waals surface area contributed by atoms with E-state index < -0.39 is 17.3 Å². The molecule has 0 radical (unpaired) electrons. The van der Waals surface area contributed by atoms with Gasteiger partial charge in [-0.1, -0.05) is 47.6 Å². The molecule has 1 atom stereocenters. The molecular weight excluding hydrogens is 507 g/mol. The Labute approximate surface area is 225 Å². The van der Waals surface area contributed by atoms with Gasteiger partial charge in [0.2, 0.25) is 5.82 Å². The Hall–Kier alpha value is -3.98. The molecule has 0 saturated carbocycles. The second-order valence-electron chi connectivity index (χ2n) is 10.3. The van der Waals surface area contributed by atoms with E-state index in [0.29, 0.717) is 22.5 Å². The lowest BCUT2D eigenvalue weighted by atomic mass is 9.94. The first-order chi connectivity index (χ1) is 18.3. The molecule has 1 heterocycles. The molecule has 0 saturated heterocycles. The number of hydrogen-bond donors (Lipinski definition) is 1. The van der Waals surface area contributed by atoms with Crippen LogP contribution in [-0.4, -0.2) is 28.3 Å². The maximum Gasteiger partial charge on any atom is 0.417 e. The van der Waals surface area contributed by atoms with Crippen LogP contribution in [0.15, 0.2) is 71.3 Å². The van der Waals surface area contributed by atoms with E-state index in [-0.39, 0.29) is 30.0 Å². The number of carbonyl (C=O) groups excluding carboxylic acids is 1. The molecule has 1 aromatic heterocycles. The van der Waals surface area contributed by atoms with Gasteiger partial charge in [0, 0.05) is 17.2 Å². The summed E-state index contributed by atoms with van der Waals surface area (Å²) in [5.41, 5.74) is 2.25. The summed E-state index contributed by atoms with van der Waals surface area (Å²) in [7, 11) is 0. The zero-order chi connectivity index (χ0) is 28.4. The number of aromatic nitrogens is 2. The molecule has 0 bridgehead atoms. The van der Waals surface area contributed by atoms with Crippen molar-refractivity contribution in [1.82, 2.24) is 15.5 Å². The lowest BCUT2D eigenvalue weighted by Crippen LogP contribution is -2.32. The van der Waals surface area contributed by atoms with Crippen molar-refractivity contribution < 1.29 is 27.2 Å². The van der Waals surface area contributed by atoms with Crippen molar-refractivity contribution in [3.05, 3.63) is 83.4 Å². The number of ether oxygens (including phenoxy) is 1. The Morgan fingerprint density at radius 2 is 1.72 bits per heavy atom. The molecule has 0 spiro atoms. The highest BCUT2D eigenvalue weighted by atomic mass is 19.4. The Balaban J connectivity index is 1.52. The molecule has 4 aromatic rings. The van der Waals surface area contributed by atoms with Gasteiger partial charge in [-0.3, -0.25) is 4.79 Å². The van der Waals surface area contributed by atoms with Crippen LogP contribution >= 0.6 is 0 Å². The molecule has 6 nitrogen and oxygen atoms in total. The molecule has 0 fully saturated rings. The summed E-state index contributed by atoms with van der Waals surface area (Å²) in [5, 5.41) is 7.27. The highest BCUT2D eigenvalue weighted by Gasteiger charge is 2.33. The van der Waals surface area contributed by atoms with E-state index >= 15 is 0 Å². The second-order valence-corrected chi connectivity index (χ2v) is 10.3. The molecule has 0 aliphatic rings. The average Bonchev–Trinajstić information content (AvgIpc) is 3.36. The minimum atomic E-state index is -4.46. The number of nitrogens with zero attached hydrogens (tertiary/aromatic N) is 2. The smallest absolute Gasteiger partial charge is 0.417 e. The van der Waals surface area contributed by atoms with Crippen molar-refractivity contribution in [3.8, 4) is 34.0 Å². The second kappa shape index (κ2) is 11.0. The summed E-state index contributed by atoms with van der Waals surface area (Å²) in [4.78, 5) is 16.6. The van der Waals surface area contributed by atoms with Gasteiger partial charge in [0.05, 0.1) is 12.1 Å². The third-order valence-electron chi connectivity index (χ3n) is 6.04. The van der Waals surface area contributed by atoms with Gasteiger partial charge >= 0.3 is 12.1 Å². The number of benzene rings is 3. The fourth-order valence-electron chi connectivity index (χ4n) is 4.20. The largest absolute Gasteiger partial charge is 0.459 e. The summed E-state index contributed by atoms with van der Waals surface area (Å²) in [6.07, 6.45) is -4.46. The van der Waals surface area contributed by atoms with Gasteiger partial charge in [0.25, 0.3) is 5.89 Å². The van der Waals surface area contributed by atoms with Gasteiger partial charge in [-0.2, -0.15) is 18.2 Å². The molecule has 204 valence electrons. The fraction of sp³-hybridized carbons (Fsp3) is 0.300. The highest BCUT2D eigenvalue weighted by Crippen LogP contribution is 2.39.